The van der Waals surface area contributed by atoms with E-state index in [1.54, 1.807) is 13.8 Å². The Hall–Kier alpha value is -1.10. The van der Waals surface area contributed by atoms with Crippen molar-refractivity contribution in [2.75, 3.05) is 20.1 Å². The van der Waals surface area contributed by atoms with Gasteiger partial charge in [0.05, 0.1) is 5.92 Å². The average Bonchev–Trinajstić information content (AvgIpc) is 2.60. The molecule has 2 rings (SSSR count). The average molecular weight is 268 g/mol. The summed E-state index contributed by atoms with van der Waals surface area (Å²) in [5.74, 6) is -1.96. The molecular formula is C14H24N2O3. The number of carbonyl (C=O) groups excluding carboxylic acids is 1. The lowest BCUT2D eigenvalue weighted by Crippen LogP contribution is -2.43. The summed E-state index contributed by atoms with van der Waals surface area (Å²) >= 11 is 0. The first-order valence-electron chi connectivity index (χ1n) is 7.15. The number of carboxylic acids is 1. The van der Waals surface area contributed by atoms with Crippen LogP contribution in [0.25, 0.3) is 0 Å². The van der Waals surface area contributed by atoms with Crippen LogP contribution in [0.15, 0.2) is 0 Å². The highest BCUT2D eigenvalue weighted by Gasteiger charge is 2.38. The van der Waals surface area contributed by atoms with Crippen LogP contribution in [0.5, 0.6) is 0 Å². The topological polar surface area (TPSA) is 60.9 Å². The molecule has 4 unspecified atom stereocenters. The summed E-state index contributed by atoms with van der Waals surface area (Å²) in [6.45, 7) is 4.86. The molecule has 0 spiro atoms. The van der Waals surface area contributed by atoms with Crippen LogP contribution in [0.2, 0.25) is 0 Å². The van der Waals surface area contributed by atoms with Crippen LogP contribution in [0.1, 0.15) is 33.1 Å². The molecule has 0 aromatic rings. The molecule has 2 aliphatic heterocycles. The number of fused-ring (bicyclic) bond motifs is 2. The van der Waals surface area contributed by atoms with Gasteiger partial charge in [0.15, 0.2) is 0 Å². The van der Waals surface area contributed by atoms with Crippen molar-refractivity contribution in [3.8, 4) is 0 Å². The van der Waals surface area contributed by atoms with Crippen molar-refractivity contribution in [1.29, 1.82) is 0 Å². The number of amides is 1. The summed E-state index contributed by atoms with van der Waals surface area (Å²) in [7, 11) is 2.14. The highest BCUT2D eigenvalue weighted by molar-refractivity contribution is 5.84. The second kappa shape index (κ2) is 5.49. The molecule has 2 aliphatic rings. The number of rotatable bonds is 3. The Bertz CT molecular complexity index is 372. The number of likely N-dealkylation sites (tertiary alicyclic amines) is 1. The molecule has 4 atom stereocenters. The summed E-state index contributed by atoms with van der Waals surface area (Å²) < 4.78 is 0. The number of likely N-dealkylation sites (N-methyl/N-ethyl adjacent to an activating group) is 1. The van der Waals surface area contributed by atoms with Crippen LogP contribution < -0.4 is 0 Å². The zero-order valence-corrected chi connectivity index (χ0v) is 12.0. The first kappa shape index (κ1) is 14.3. The second-order valence-electron chi connectivity index (χ2n) is 6.04. The van der Waals surface area contributed by atoms with Crippen molar-refractivity contribution in [3.05, 3.63) is 0 Å². The van der Waals surface area contributed by atoms with E-state index in [1.165, 1.54) is 6.42 Å². The standard InChI is InChI=1S/C14H24N2O3/c1-9(10(2)14(18)19)13(17)16-7-6-11-4-5-12(8-16)15(11)3/h9-12H,4-8H2,1-3H3,(H,18,19). The quantitative estimate of drug-likeness (QED) is 0.831. The van der Waals surface area contributed by atoms with E-state index < -0.39 is 17.8 Å². The molecule has 2 heterocycles. The normalized spacial score (nSPS) is 30.8. The van der Waals surface area contributed by atoms with Gasteiger partial charge in [0, 0.05) is 31.1 Å². The van der Waals surface area contributed by atoms with E-state index in [9.17, 15) is 9.59 Å². The summed E-state index contributed by atoms with van der Waals surface area (Å²) in [6.07, 6.45) is 3.38. The van der Waals surface area contributed by atoms with Gasteiger partial charge in [-0.1, -0.05) is 13.8 Å². The molecule has 1 N–H and O–H groups in total. The molecule has 19 heavy (non-hydrogen) atoms. The van der Waals surface area contributed by atoms with E-state index in [1.807, 2.05) is 4.90 Å². The molecular weight excluding hydrogens is 244 g/mol. The van der Waals surface area contributed by atoms with Gasteiger partial charge in [0.25, 0.3) is 0 Å². The third kappa shape index (κ3) is 2.76. The molecule has 108 valence electrons. The molecule has 0 aromatic heterocycles. The molecule has 2 bridgehead atoms. The number of aliphatic carboxylic acids is 1. The van der Waals surface area contributed by atoms with Crippen molar-refractivity contribution in [1.82, 2.24) is 9.80 Å². The predicted molar refractivity (Wildman–Crippen MR) is 71.7 cm³/mol. The van der Waals surface area contributed by atoms with E-state index in [4.69, 9.17) is 5.11 Å². The first-order chi connectivity index (χ1) is 8.91. The molecule has 0 aliphatic carbocycles. The van der Waals surface area contributed by atoms with E-state index in [0.29, 0.717) is 12.1 Å². The van der Waals surface area contributed by atoms with Gasteiger partial charge in [-0.3, -0.25) is 14.5 Å². The minimum atomic E-state index is -0.894. The van der Waals surface area contributed by atoms with Crippen molar-refractivity contribution in [2.24, 2.45) is 11.8 Å². The highest BCUT2D eigenvalue weighted by Crippen LogP contribution is 2.29. The van der Waals surface area contributed by atoms with E-state index in [2.05, 4.69) is 11.9 Å². The van der Waals surface area contributed by atoms with E-state index in [0.717, 1.165) is 25.9 Å². The highest BCUT2D eigenvalue weighted by atomic mass is 16.4. The zero-order chi connectivity index (χ0) is 14.2. The van der Waals surface area contributed by atoms with Gasteiger partial charge in [-0.25, -0.2) is 0 Å². The van der Waals surface area contributed by atoms with Gasteiger partial charge in [0.1, 0.15) is 0 Å². The number of carbonyl (C=O) groups is 2. The molecule has 1 amide bonds. The Labute approximate surface area is 114 Å². The lowest BCUT2D eigenvalue weighted by Gasteiger charge is -2.29. The zero-order valence-electron chi connectivity index (χ0n) is 12.0. The number of hydrogen-bond donors (Lipinski definition) is 1. The maximum Gasteiger partial charge on any atom is 0.307 e. The Morgan fingerprint density at radius 1 is 1.11 bits per heavy atom. The summed E-state index contributed by atoms with van der Waals surface area (Å²) in [5, 5.41) is 9.02. The largest absolute Gasteiger partial charge is 0.481 e. The van der Waals surface area contributed by atoms with Gasteiger partial charge >= 0.3 is 5.97 Å². The Morgan fingerprint density at radius 2 is 1.74 bits per heavy atom. The fourth-order valence-electron chi connectivity index (χ4n) is 3.22. The Balaban J connectivity index is 2.02. The number of nitrogens with zero attached hydrogens (tertiary/aromatic N) is 2. The minimum Gasteiger partial charge on any atom is -0.481 e. The maximum atomic E-state index is 12.4. The summed E-state index contributed by atoms with van der Waals surface area (Å²) in [5.41, 5.74) is 0. The smallest absolute Gasteiger partial charge is 0.307 e. The predicted octanol–water partition coefficient (Wildman–Crippen LogP) is 1.04. The van der Waals surface area contributed by atoms with Gasteiger partial charge in [-0.2, -0.15) is 0 Å². The third-order valence-corrected chi connectivity index (χ3v) is 4.99. The van der Waals surface area contributed by atoms with Gasteiger partial charge in [-0.15, -0.1) is 0 Å². The molecule has 2 fully saturated rings. The van der Waals surface area contributed by atoms with Crippen LogP contribution in [0.4, 0.5) is 0 Å². The van der Waals surface area contributed by atoms with Crippen molar-refractivity contribution >= 4 is 11.9 Å². The van der Waals surface area contributed by atoms with Crippen LogP contribution in [0.3, 0.4) is 0 Å². The molecule has 5 nitrogen and oxygen atoms in total. The molecule has 5 heteroatoms. The maximum absolute atomic E-state index is 12.4. The van der Waals surface area contributed by atoms with Crippen molar-refractivity contribution in [2.45, 2.75) is 45.2 Å². The first-order valence-corrected chi connectivity index (χ1v) is 7.15. The van der Waals surface area contributed by atoms with E-state index >= 15 is 0 Å². The number of carboxylic acid groups (broad SMARTS) is 1. The van der Waals surface area contributed by atoms with Crippen LogP contribution in [-0.4, -0.2) is 59.0 Å². The third-order valence-electron chi connectivity index (χ3n) is 4.99. The van der Waals surface area contributed by atoms with Crippen LogP contribution in [-0.2, 0) is 9.59 Å². The lowest BCUT2D eigenvalue weighted by molar-refractivity contribution is -0.149. The fourth-order valence-corrected chi connectivity index (χ4v) is 3.22. The number of hydrogen-bond acceptors (Lipinski definition) is 3. The molecule has 0 aromatic carbocycles. The fraction of sp³-hybridized carbons (Fsp3) is 0.857. The monoisotopic (exact) mass is 268 g/mol. The van der Waals surface area contributed by atoms with E-state index in [-0.39, 0.29) is 5.91 Å². The van der Waals surface area contributed by atoms with Crippen molar-refractivity contribution in [3.63, 3.8) is 0 Å². The summed E-state index contributed by atoms with van der Waals surface area (Å²) in [4.78, 5) is 27.7. The summed E-state index contributed by atoms with van der Waals surface area (Å²) in [6, 6.07) is 1.04. The van der Waals surface area contributed by atoms with Gasteiger partial charge in [-0.05, 0) is 26.3 Å². The molecule has 0 saturated carbocycles. The SMILES string of the molecule is CC(C(=O)O)C(C)C(=O)N1CCC2CCC(C1)N2C. The van der Waals surface area contributed by atoms with Crippen molar-refractivity contribution < 1.29 is 14.7 Å². The molecule has 2 saturated heterocycles. The minimum absolute atomic E-state index is 0.00384. The van der Waals surface area contributed by atoms with Gasteiger partial charge in [0.2, 0.25) is 5.91 Å². The Kier molecular flexibility index (Phi) is 4.13. The van der Waals surface area contributed by atoms with Crippen LogP contribution in [0, 0.1) is 11.8 Å². The second-order valence-corrected chi connectivity index (χ2v) is 6.04. The molecule has 0 radical (unpaired) electrons. The van der Waals surface area contributed by atoms with Crippen LogP contribution >= 0.6 is 0 Å². The lowest BCUT2D eigenvalue weighted by atomic mass is 9.94. The Morgan fingerprint density at radius 3 is 2.37 bits per heavy atom. The van der Waals surface area contributed by atoms with Gasteiger partial charge < -0.3 is 10.0 Å².